The third-order valence-corrected chi connectivity index (χ3v) is 2.97. The Morgan fingerprint density at radius 3 is 2.26 bits per heavy atom. The number of Topliss-reactive ketones (excluding diaryl/α,β-unsaturated/α-hetero) is 1. The molecule has 2 aromatic rings. The topological polar surface area (TPSA) is 77.8 Å². The van der Waals surface area contributed by atoms with Crippen molar-refractivity contribution in [2.45, 2.75) is 6.42 Å². The molecule has 0 radical (unpaired) electrons. The van der Waals surface area contributed by atoms with E-state index in [0.29, 0.717) is 5.56 Å². The standard InChI is InChI=1S/C14H11ClO4/c15-11-6-10(13(18)7-14(11)19)12(17)5-8-1-3-9(16)4-2-8/h1-4,6-7,16,18-19H,5H2. The molecule has 0 amide bonds. The molecule has 0 aliphatic carbocycles. The largest absolute Gasteiger partial charge is 0.508 e. The third-order valence-electron chi connectivity index (χ3n) is 2.67. The van der Waals surface area contributed by atoms with Crippen LogP contribution in [0.5, 0.6) is 17.2 Å². The molecular weight excluding hydrogens is 268 g/mol. The lowest BCUT2D eigenvalue weighted by atomic mass is 10.0. The van der Waals surface area contributed by atoms with Gasteiger partial charge >= 0.3 is 0 Å². The minimum atomic E-state index is -0.329. The van der Waals surface area contributed by atoms with E-state index in [0.717, 1.165) is 6.07 Å². The number of carbonyl (C=O) groups excluding carboxylic acids is 1. The van der Waals surface area contributed by atoms with Crippen LogP contribution in [0, 0.1) is 0 Å². The van der Waals surface area contributed by atoms with Crippen LogP contribution in [0.4, 0.5) is 0 Å². The van der Waals surface area contributed by atoms with Crippen LogP contribution in [0.15, 0.2) is 36.4 Å². The summed E-state index contributed by atoms with van der Waals surface area (Å²) < 4.78 is 0. The second-order valence-electron chi connectivity index (χ2n) is 4.09. The van der Waals surface area contributed by atoms with Crippen molar-refractivity contribution in [2.75, 3.05) is 0 Å². The summed E-state index contributed by atoms with van der Waals surface area (Å²) in [7, 11) is 0. The van der Waals surface area contributed by atoms with Crippen LogP contribution in [0.3, 0.4) is 0 Å². The van der Waals surface area contributed by atoms with Gasteiger partial charge in [-0.3, -0.25) is 4.79 Å². The number of hydrogen-bond donors (Lipinski definition) is 3. The molecule has 2 aromatic carbocycles. The number of carbonyl (C=O) groups is 1. The molecule has 3 N–H and O–H groups in total. The Kier molecular flexibility index (Phi) is 3.62. The van der Waals surface area contributed by atoms with E-state index in [2.05, 4.69) is 0 Å². The van der Waals surface area contributed by atoms with Crippen molar-refractivity contribution in [2.24, 2.45) is 0 Å². The van der Waals surface area contributed by atoms with Crippen LogP contribution in [0.25, 0.3) is 0 Å². The van der Waals surface area contributed by atoms with Gasteiger partial charge in [0.1, 0.15) is 17.2 Å². The lowest BCUT2D eigenvalue weighted by Crippen LogP contribution is -2.03. The highest BCUT2D eigenvalue weighted by Crippen LogP contribution is 2.31. The highest BCUT2D eigenvalue weighted by molar-refractivity contribution is 6.32. The van der Waals surface area contributed by atoms with Crippen LogP contribution in [-0.2, 0) is 6.42 Å². The maximum atomic E-state index is 12.0. The first kappa shape index (κ1) is 13.2. The number of halogens is 1. The molecule has 0 fully saturated rings. The SMILES string of the molecule is O=C(Cc1ccc(O)cc1)c1cc(Cl)c(O)cc1O. The number of hydrogen-bond acceptors (Lipinski definition) is 4. The van der Waals surface area contributed by atoms with Crippen molar-refractivity contribution in [3.05, 3.63) is 52.5 Å². The van der Waals surface area contributed by atoms with Crippen molar-refractivity contribution < 1.29 is 20.1 Å². The van der Waals surface area contributed by atoms with E-state index in [1.54, 1.807) is 12.1 Å². The van der Waals surface area contributed by atoms with E-state index in [1.165, 1.54) is 18.2 Å². The fraction of sp³-hybridized carbons (Fsp3) is 0.0714. The Balaban J connectivity index is 2.25. The van der Waals surface area contributed by atoms with Gasteiger partial charge in [-0.25, -0.2) is 0 Å². The first-order chi connectivity index (χ1) is 8.97. The normalized spacial score (nSPS) is 10.4. The molecule has 0 saturated heterocycles. The molecule has 5 heteroatoms. The number of benzene rings is 2. The molecule has 0 atom stereocenters. The van der Waals surface area contributed by atoms with Gasteiger partial charge in [0.2, 0.25) is 0 Å². The van der Waals surface area contributed by atoms with Crippen molar-refractivity contribution in [3.8, 4) is 17.2 Å². The predicted molar refractivity (Wildman–Crippen MR) is 70.9 cm³/mol. The molecule has 98 valence electrons. The van der Waals surface area contributed by atoms with Gasteiger partial charge in [-0.15, -0.1) is 0 Å². The monoisotopic (exact) mass is 278 g/mol. The summed E-state index contributed by atoms with van der Waals surface area (Å²) in [6.45, 7) is 0. The molecule has 0 bridgehead atoms. The van der Waals surface area contributed by atoms with Gasteiger partial charge in [0.25, 0.3) is 0 Å². The van der Waals surface area contributed by atoms with Gasteiger partial charge in [-0.1, -0.05) is 23.7 Å². The molecule has 0 heterocycles. The number of ketones is 1. The molecule has 0 aliphatic rings. The maximum absolute atomic E-state index is 12.0. The molecule has 2 rings (SSSR count). The van der Waals surface area contributed by atoms with Crippen LogP contribution in [0.1, 0.15) is 15.9 Å². The van der Waals surface area contributed by atoms with Gasteiger partial charge in [-0.05, 0) is 23.8 Å². The number of rotatable bonds is 3. The van der Waals surface area contributed by atoms with E-state index in [-0.39, 0.29) is 40.0 Å². The minimum Gasteiger partial charge on any atom is -0.508 e. The van der Waals surface area contributed by atoms with Crippen molar-refractivity contribution in [3.63, 3.8) is 0 Å². The Hall–Kier alpha value is -2.20. The van der Waals surface area contributed by atoms with Crippen molar-refractivity contribution >= 4 is 17.4 Å². The summed E-state index contributed by atoms with van der Waals surface area (Å²) in [5, 5.41) is 28.1. The molecule has 0 unspecified atom stereocenters. The second kappa shape index (κ2) is 5.20. The van der Waals surface area contributed by atoms with Crippen molar-refractivity contribution in [1.82, 2.24) is 0 Å². The fourth-order valence-electron chi connectivity index (χ4n) is 1.67. The summed E-state index contributed by atoms with van der Waals surface area (Å²) in [4.78, 5) is 12.0. The molecule has 0 spiro atoms. The van der Waals surface area contributed by atoms with Crippen molar-refractivity contribution in [1.29, 1.82) is 0 Å². The van der Waals surface area contributed by atoms with Crippen LogP contribution in [0.2, 0.25) is 5.02 Å². The Labute approximate surface area is 114 Å². The summed E-state index contributed by atoms with van der Waals surface area (Å²) in [5.74, 6) is -0.803. The molecule has 19 heavy (non-hydrogen) atoms. The number of phenols is 3. The van der Waals surface area contributed by atoms with Crippen LogP contribution < -0.4 is 0 Å². The zero-order valence-electron chi connectivity index (χ0n) is 9.80. The molecule has 0 aromatic heterocycles. The zero-order chi connectivity index (χ0) is 14.0. The Morgan fingerprint density at radius 2 is 1.63 bits per heavy atom. The first-order valence-corrected chi connectivity index (χ1v) is 5.88. The average Bonchev–Trinajstić information content (AvgIpc) is 2.36. The Morgan fingerprint density at radius 1 is 1.00 bits per heavy atom. The lowest BCUT2D eigenvalue weighted by Gasteiger charge is -2.06. The molecular formula is C14H11ClO4. The number of aromatic hydroxyl groups is 3. The summed E-state index contributed by atoms with van der Waals surface area (Å²) in [6, 6.07) is 8.46. The van der Waals surface area contributed by atoms with E-state index in [9.17, 15) is 15.0 Å². The molecule has 0 saturated carbocycles. The van der Waals surface area contributed by atoms with Crippen LogP contribution >= 0.6 is 11.6 Å². The zero-order valence-corrected chi connectivity index (χ0v) is 10.6. The Bertz CT molecular complexity index is 620. The van der Waals surface area contributed by atoms with Crippen LogP contribution in [-0.4, -0.2) is 21.1 Å². The van der Waals surface area contributed by atoms with Gasteiger partial charge in [-0.2, -0.15) is 0 Å². The first-order valence-electron chi connectivity index (χ1n) is 5.50. The maximum Gasteiger partial charge on any atom is 0.171 e. The quantitative estimate of drug-likeness (QED) is 0.755. The summed E-state index contributed by atoms with van der Waals surface area (Å²) >= 11 is 5.71. The summed E-state index contributed by atoms with van der Waals surface area (Å²) in [5.41, 5.74) is 0.752. The second-order valence-corrected chi connectivity index (χ2v) is 4.49. The van der Waals surface area contributed by atoms with E-state index in [4.69, 9.17) is 16.7 Å². The van der Waals surface area contributed by atoms with Gasteiger partial charge < -0.3 is 15.3 Å². The van der Waals surface area contributed by atoms with Gasteiger partial charge in [0, 0.05) is 12.5 Å². The summed E-state index contributed by atoms with van der Waals surface area (Å²) in [6.07, 6.45) is 0.0644. The average molecular weight is 279 g/mol. The van der Waals surface area contributed by atoms with E-state index in [1.807, 2.05) is 0 Å². The van der Waals surface area contributed by atoms with Gasteiger partial charge in [0.05, 0.1) is 10.6 Å². The lowest BCUT2D eigenvalue weighted by molar-refractivity contribution is 0.0990. The molecule has 4 nitrogen and oxygen atoms in total. The smallest absolute Gasteiger partial charge is 0.171 e. The van der Waals surface area contributed by atoms with E-state index < -0.39 is 0 Å². The molecule has 0 aliphatic heterocycles. The highest BCUT2D eigenvalue weighted by atomic mass is 35.5. The third kappa shape index (κ3) is 2.98. The minimum absolute atomic E-state index is 0.00635. The van der Waals surface area contributed by atoms with Gasteiger partial charge in [0.15, 0.2) is 5.78 Å². The number of phenolic OH excluding ortho intramolecular Hbond substituents is 3. The fourth-order valence-corrected chi connectivity index (χ4v) is 1.83. The van der Waals surface area contributed by atoms with E-state index >= 15 is 0 Å². The predicted octanol–water partition coefficient (Wildman–Crippen LogP) is 2.88. The highest BCUT2D eigenvalue weighted by Gasteiger charge is 2.15.